The maximum Gasteiger partial charge on any atom is 0.337 e. The molecule has 2 aromatic rings. The lowest BCUT2D eigenvalue weighted by Crippen LogP contribution is -2.04. The van der Waals surface area contributed by atoms with Gasteiger partial charge in [0, 0.05) is 12.2 Å². The second-order valence-corrected chi connectivity index (χ2v) is 4.66. The first-order chi connectivity index (χ1) is 9.28. The van der Waals surface area contributed by atoms with E-state index in [-0.39, 0.29) is 5.97 Å². The highest BCUT2D eigenvalue weighted by atomic mass is 16.5. The van der Waals surface area contributed by atoms with Gasteiger partial charge in [-0.05, 0) is 41.3 Å². The molecule has 1 heterocycles. The molecule has 1 N–H and O–H groups in total. The molecule has 1 aliphatic heterocycles. The maximum atomic E-state index is 11.6. The van der Waals surface area contributed by atoms with E-state index >= 15 is 0 Å². The van der Waals surface area contributed by atoms with Crippen molar-refractivity contribution in [3.8, 4) is 0 Å². The van der Waals surface area contributed by atoms with Gasteiger partial charge in [-0.25, -0.2) is 4.79 Å². The zero-order chi connectivity index (χ0) is 13.2. The normalized spacial score (nSPS) is 12.7. The van der Waals surface area contributed by atoms with Crippen molar-refractivity contribution < 1.29 is 9.53 Å². The average molecular weight is 253 g/mol. The summed E-state index contributed by atoms with van der Waals surface area (Å²) in [7, 11) is 1.41. The van der Waals surface area contributed by atoms with Gasteiger partial charge >= 0.3 is 5.97 Å². The van der Waals surface area contributed by atoms with Crippen LogP contribution in [0.15, 0.2) is 42.5 Å². The monoisotopic (exact) mass is 253 g/mol. The first kappa shape index (κ1) is 11.8. The summed E-state index contributed by atoms with van der Waals surface area (Å²) in [5, 5.41) is 3.43. The Kier molecular flexibility index (Phi) is 2.95. The molecule has 0 aromatic heterocycles. The molecule has 0 bridgehead atoms. The molecular formula is C16H15NO2. The van der Waals surface area contributed by atoms with Gasteiger partial charge in [0.15, 0.2) is 0 Å². The van der Waals surface area contributed by atoms with Gasteiger partial charge < -0.3 is 10.1 Å². The summed E-state index contributed by atoms with van der Waals surface area (Å²) in [6.45, 7) is 0.786. The Labute approximate surface area is 112 Å². The minimum absolute atomic E-state index is 0.284. The highest BCUT2D eigenvalue weighted by Gasteiger charge is 2.14. The van der Waals surface area contributed by atoms with Gasteiger partial charge in [0.05, 0.1) is 12.7 Å². The number of methoxy groups -OCH3 is 1. The van der Waals surface area contributed by atoms with Crippen LogP contribution < -0.4 is 5.32 Å². The zero-order valence-corrected chi connectivity index (χ0v) is 10.8. The van der Waals surface area contributed by atoms with Gasteiger partial charge in [-0.2, -0.15) is 0 Å². The van der Waals surface area contributed by atoms with Crippen molar-refractivity contribution in [2.75, 3.05) is 12.4 Å². The van der Waals surface area contributed by atoms with Gasteiger partial charge in [0.25, 0.3) is 0 Å². The average Bonchev–Trinajstić information content (AvgIpc) is 2.64. The Hall–Kier alpha value is -2.29. The second kappa shape index (κ2) is 4.76. The van der Waals surface area contributed by atoms with Crippen molar-refractivity contribution in [2.45, 2.75) is 13.0 Å². The van der Waals surface area contributed by atoms with E-state index in [0.717, 1.165) is 13.0 Å². The van der Waals surface area contributed by atoms with Crippen LogP contribution in [0.5, 0.6) is 0 Å². The van der Waals surface area contributed by atoms with E-state index in [9.17, 15) is 4.79 Å². The summed E-state index contributed by atoms with van der Waals surface area (Å²) in [6.07, 6.45) is 0.837. The lowest BCUT2D eigenvalue weighted by molar-refractivity contribution is 0.0600. The van der Waals surface area contributed by atoms with Crippen LogP contribution in [0, 0.1) is 0 Å². The quantitative estimate of drug-likeness (QED) is 0.794. The number of nitrogens with one attached hydrogen (secondary N) is 1. The number of hydrogen-bond donors (Lipinski definition) is 1. The van der Waals surface area contributed by atoms with Gasteiger partial charge in [-0.1, -0.05) is 24.3 Å². The zero-order valence-electron chi connectivity index (χ0n) is 10.8. The van der Waals surface area contributed by atoms with Crippen molar-refractivity contribution >= 4 is 11.7 Å². The van der Waals surface area contributed by atoms with E-state index in [1.165, 1.54) is 29.5 Å². The van der Waals surface area contributed by atoms with Crippen molar-refractivity contribution in [3.63, 3.8) is 0 Å². The summed E-state index contributed by atoms with van der Waals surface area (Å²) < 4.78 is 4.77. The minimum Gasteiger partial charge on any atom is -0.465 e. The molecular weight excluding hydrogens is 238 g/mol. The molecule has 3 heteroatoms. The van der Waals surface area contributed by atoms with E-state index in [2.05, 4.69) is 17.4 Å². The molecule has 3 nitrogen and oxygen atoms in total. The molecule has 19 heavy (non-hydrogen) atoms. The molecule has 0 spiro atoms. The maximum absolute atomic E-state index is 11.6. The van der Waals surface area contributed by atoms with Crippen molar-refractivity contribution in [1.29, 1.82) is 0 Å². The highest BCUT2D eigenvalue weighted by molar-refractivity contribution is 5.89. The summed E-state index contributed by atoms with van der Waals surface area (Å²) >= 11 is 0. The molecule has 0 saturated heterocycles. The number of rotatable bonds is 1. The Morgan fingerprint density at radius 3 is 2.79 bits per heavy atom. The van der Waals surface area contributed by atoms with Gasteiger partial charge in [-0.3, -0.25) is 0 Å². The molecule has 0 amide bonds. The second-order valence-electron chi connectivity index (χ2n) is 4.66. The molecule has 0 aliphatic carbocycles. The first-order valence-corrected chi connectivity index (χ1v) is 6.30. The Morgan fingerprint density at radius 2 is 1.95 bits per heavy atom. The van der Waals surface area contributed by atoms with Crippen molar-refractivity contribution in [2.24, 2.45) is 0 Å². The summed E-state index contributed by atoms with van der Waals surface area (Å²) in [4.78, 5) is 11.6. The molecule has 96 valence electrons. The number of hydrogen-bond acceptors (Lipinski definition) is 3. The number of anilines is 1. The smallest absolute Gasteiger partial charge is 0.337 e. The number of carbonyl (C=O) groups is 1. The first-order valence-electron chi connectivity index (χ1n) is 6.30. The topological polar surface area (TPSA) is 38.3 Å². The highest BCUT2D eigenvalue weighted by Crippen LogP contribution is 2.26. The van der Waals surface area contributed by atoms with Crippen LogP contribution in [0.3, 0.4) is 0 Å². The van der Waals surface area contributed by atoms with E-state index in [0.29, 0.717) is 5.56 Å². The summed E-state index contributed by atoms with van der Waals surface area (Å²) in [5.41, 5.74) is 5.44. The molecule has 3 rings (SSSR count). The number of para-hydroxylation sites is 1. The molecule has 0 unspecified atom stereocenters. The van der Waals surface area contributed by atoms with E-state index < -0.39 is 0 Å². The summed E-state index contributed by atoms with van der Waals surface area (Å²) in [6, 6.07) is 14.0. The molecule has 2 aromatic carbocycles. The third kappa shape index (κ3) is 2.19. The fourth-order valence-corrected chi connectivity index (χ4v) is 2.45. The van der Waals surface area contributed by atoms with Crippen LogP contribution in [0.4, 0.5) is 5.69 Å². The number of esters is 1. The van der Waals surface area contributed by atoms with Gasteiger partial charge in [0.2, 0.25) is 0 Å². The Balaban J connectivity index is 2.02. The van der Waals surface area contributed by atoms with Crippen LogP contribution in [0.1, 0.15) is 27.0 Å². The predicted octanol–water partition coefficient (Wildman–Crippen LogP) is 2.99. The molecule has 0 fully saturated rings. The third-order valence-electron chi connectivity index (χ3n) is 3.49. The van der Waals surface area contributed by atoms with Crippen LogP contribution in [0.25, 0.3) is 0 Å². The summed E-state index contributed by atoms with van der Waals surface area (Å²) in [5.74, 6) is -0.284. The van der Waals surface area contributed by atoms with E-state index in [1.54, 1.807) is 0 Å². The number of ether oxygens (including phenoxy) is 1. The van der Waals surface area contributed by atoms with Gasteiger partial charge in [0.1, 0.15) is 0 Å². The van der Waals surface area contributed by atoms with Crippen LogP contribution in [-0.2, 0) is 17.7 Å². The number of carbonyl (C=O) groups excluding carboxylic acids is 1. The van der Waals surface area contributed by atoms with Crippen LogP contribution in [-0.4, -0.2) is 13.1 Å². The lowest BCUT2D eigenvalue weighted by atomic mass is 9.98. The number of fused-ring (bicyclic) bond motifs is 2. The fourth-order valence-electron chi connectivity index (χ4n) is 2.45. The molecule has 0 radical (unpaired) electrons. The lowest BCUT2D eigenvalue weighted by Gasteiger charge is -2.07. The van der Waals surface area contributed by atoms with Crippen LogP contribution in [0.2, 0.25) is 0 Å². The van der Waals surface area contributed by atoms with Crippen molar-refractivity contribution in [3.05, 3.63) is 64.7 Å². The van der Waals surface area contributed by atoms with E-state index in [4.69, 9.17) is 4.74 Å². The number of benzene rings is 2. The standard InChI is InChI=1S/C16H15NO2/c1-19-16(18)12-6-7-13-10-17-15-5-3-2-4-11(15)8-14(13)9-12/h2-7,9,17H,8,10H2,1H3. The predicted molar refractivity (Wildman–Crippen MR) is 74.4 cm³/mol. The fraction of sp³-hybridized carbons (Fsp3) is 0.188. The van der Waals surface area contributed by atoms with Crippen molar-refractivity contribution in [1.82, 2.24) is 0 Å². The Morgan fingerprint density at radius 1 is 1.11 bits per heavy atom. The Bertz CT molecular complexity index is 634. The van der Waals surface area contributed by atoms with E-state index in [1.807, 2.05) is 30.3 Å². The minimum atomic E-state index is -0.284. The molecule has 0 saturated carbocycles. The third-order valence-corrected chi connectivity index (χ3v) is 3.49. The largest absolute Gasteiger partial charge is 0.465 e. The van der Waals surface area contributed by atoms with Gasteiger partial charge in [-0.15, -0.1) is 0 Å². The van der Waals surface area contributed by atoms with Crippen LogP contribution >= 0.6 is 0 Å². The molecule has 0 atom stereocenters. The SMILES string of the molecule is COC(=O)c1ccc2c(c1)Cc1ccccc1NC2. The molecule has 1 aliphatic rings.